The van der Waals surface area contributed by atoms with E-state index in [9.17, 15) is 14.0 Å². The zero-order valence-corrected chi connectivity index (χ0v) is 20.9. The summed E-state index contributed by atoms with van der Waals surface area (Å²) in [6.45, 7) is 6.75. The number of carbonyl (C=O) groups is 2. The molecule has 2 amide bonds. The maximum atomic E-state index is 13.1. The van der Waals surface area contributed by atoms with E-state index in [2.05, 4.69) is 29.8 Å². The third kappa shape index (κ3) is 7.22. The monoisotopic (exact) mass is 512 g/mol. The van der Waals surface area contributed by atoms with E-state index in [1.54, 1.807) is 43.3 Å². The van der Waals surface area contributed by atoms with Gasteiger partial charge in [-0.15, -0.1) is 0 Å². The second-order valence-corrected chi connectivity index (χ2v) is 9.03. The average Bonchev–Trinajstić information content (AvgIpc) is 3.35. The fourth-order valence-electron chi connectivity index (χ4n) is 3.80. The summed E-state index contributed by atoms with van der Waals surface area (Å²) in [6, 6.07) is 12.7. The van der Waals surface area contributed by atoms with Gasteiger partial charge in [0.25, 0.3) is 0 Å². The van der Waals surface area contributed by atoms with Crippen LogP contribution in [0.3, 0.4) is 0 Å². The molecule has 2 N–H and O–H groups in total. The number of benzene rings is 2. The molecule has 1 aliphatic heterocycles. The molecule has 190 valence electrons. The van der Waals surface area contributed by atoms with Gasteiger partial charge in [0, 0.05) is 62.9 Å². The van der Waals surface area contributed by atoms with Crippen molar-refractivity contribution in [2.75, 3.05) is 56.1 Å². The van der Waals surface area contributed by atoms with Crippen molar-refractivity contribution in [1.29, 1.82) is 0 Å². The number of ether oxygens (including phenoxy) is 1. The minimum Gasteiger partial charge on any atom is -0.462 e. The summed E-state index contributed by atoms with van der Waals surface area (Å²) in [5, 5.41) is 6.54. The van der Waals surface area contributed by atoms with Gasteiger partial charge in [0.05, 0.1) is 12.2 Å². The van der Waals surface area contributed by atoms with Crippen molar-refractivity contribution in [3.8, 4) is 0 Å². The van der Waals surface area contributed by atoms with Crippen molar-refractivity contribution < 1.29 is 18.7 Å². The molecule has 9 nitrogen and oxygen atoms in total. The highest BCUT2D eigenvalue weighted by molar-refractivity contribution is 7.09. The van der Waals surface area contributed by atoms with Crippen LogP contribution in [-0.2, 0) is 11.2 Å². The zero-order valence-electron chi connectivity index (χ0n) is 20.1. The lowest BCUT2D eigenvalue weighted by Crippen LogP contribution is -2.48. The molecule has 0 radical (unpaired) electrons. The number of halogens is 1. The van der Waals surface area contributed by atoms with E-state index >= 15 is 0 Å². The molecular weight excluding hydrogens is 483 g/mol. The zero-order chi connectivity index (χ0) is 25.3. The third-order valence-electron chi connectivity index (χ3n) is 5.74. The second kappa shape index (κ2) is 12.4. The van der Waals surface area contributed by atoms with Gasteiger partial charge in [0.2, 0.25) is 5.13 Å². The SMILES string of the molecule is CCOC(=O)c1ccc(NC(=O)NCCN2CCN(c3nc(Cc4ccc(F)cc4)ns3)CC2)cc1. The van der Waals surface area contributed by atoms with E-state index in [0.29, 0.717) is 30.8 Å². The van der Waals surface area contributed by atoms with Crippen LogP contribution in [0.25, 0.3) is 0 Å². The fourth-order valence-corrected chi connectivity index (χ4v) is 4.54. The van der Waals surface area contributed by atoms with E-state index in [-0.39, 0.29) is 17.8 Å². The van der Waals surface area contributed by atoms with Crippen LogP contribution in [0.4, 0.5) is 20.0 Å². The Balaban J connectivity index is 1.15. The average molecular weight is 513 g/mol. The van der Waals surface area contributed by atoms with Gasteiger partial charge in [0.15, 0.2) is 0 Å². The van der Waals surface area contributed by atoms with E-state index in [4.69, 9.17) is 4.74 Å². The van der Waals surface area contributed by atoms with Crippen LogP contribution < -0.4 is 15.5 Å². The predicted molar refractivity (Wildman–Crippen MR) is 137 cm³/mol. The number of piperazine rings is 1. The normalized spacial score (nSPS) is 13.9. The predicted octanol–water partition coefficient (Wildman–Crippen LogP) is 3.39. The standard InChI is InChI=1S/C25H29FN6O3S/c1-2-35-23(33)19-5-9-21(10-6-19)28-24(34)27-11-12-31-13-15-32(16-14-31)25-29-22(30-36-25)17-18-3-7-20(26)8-4-18/h3-10H,2,11-17H2,1H3,(H2,27,28,34). The number of amides is 2. The van der Waals surface area contributed by atoms with Crippen LogP contribution in [-0.4, -0.2) is 72.1 Å². The van der Waals surface area contributed by atoms with Crippen LogP contribution in [0.1, 0.15) is 28.7 Å². The van der Waals surface area contributed by atoms with Gasteiger partial charge in [0.1, 0.15) is 11.6 Å². The highest BCUT2D eigenvalue weighted by Crippen LogP contribution is 2.20. The molecule has 2 aromatic carbocycles. The summed E-state index contributed by atoms with van der Waals surface area (Å²) >= 11 is 1.39. The number of carbonyl (C=O) groups excluding carboxylic acids is 2. The molecule has 3 aromatic rings. The summed E-state index contributed by atoms with van der Waals surface area (Å²) < 4.78 is 22.5. The van der Waals surface area contributed by atoms with Crippen LogP contribution in [0.5, 0.6) is 0 Å². The number of hydrogen-bond acceptors (Lipinski definition) is 8. The molecule has 1 saturated heterocycles. The number of esters is 1. The number of anilines is 2. The molecule has 0 atom stereocenters. The quantitative estimate of drug-likeness (QED) is 0.424. The van der Waals surface area contributed by atoms with E-state index in [0.717, 1.165) is 49.2 Å². The highest BCUT2D eigenvalue weighted by atomic mass is 32.1. The molecule has 0 saturated carbocycles. The Labute approximate surface area is 213 Å². The van der Waals surface area contributed by atoms with E-state index < -0.39 is 0 Å². The Hall–Kier alpha value is -3.57. The first-order valence-electron chi connectivity index (χ1n) is 11.9. The van der Waals surface area contributed by atoms with Gasteiger partial charge in [-0.2, -0.15) is 4.37 Å². The minimum absolute atomic E-state index is 0.249. The summed E-state index contributed by atoms with van der Waals surface area (Å²) in [5.41, 5.74) is 2.03. The molecule has 0 aliphatic carbocycles. The number of nitrogens with one attached hydrogen (secondary N) is 2. The summed E-state index contributed by atoms with van der Waals surface area (Å²) in [5.74, 6) is 0.112. The summed E-state index contributed by atoms with van der Waals surface area (Å²) in [7, 11) is 0. The first-order valence-corrected chi connectivity index (χ1v) is 12.6. The molecule has 11 heteroatoms. The Morgan fingerprint density at radius 2 is 1.78 bits per heavy atom. The van der Waals surface area contributed by atoms with Crippen LogP contribution in [0.15, 0.2) is 48.5 Å². The molecule has 1 aliphatic rings. The largest absolute Gasteiger partial charge is 0.462 e. The molecule has 4 rings (SSSR count). The summed E-state index contributed by atoms with van der Waals surface area (Å²) in [4.78, 5) is 33.1. The number of nitrogens with zero attached hydrogens (tertiary/aromatic N) is 4. The number of aromatic nitrogens is 2. The molecule has 0 unspecified atom stereocenters. The van der Waals surface area contributed by atoms with Crippen molar-refractivity contribution in [1.82, 2.24) is 19.6 Å². The van der Waals surface area contributed by atoms with Crippen molar-refractivity contribution in [2.45, 2.75) is 13.3 Å². The molecule has 1 fully saturated rings. The van der Waals surface area contributed by atoms with Gasteiger partial charge in [-0.05, 0) is 48.9 Å². The molecule has 0 spiro atoms. The Morgan fingerprint density at radius 1 is 1.06 bits per heavy atom. The third-order valence-corrected chi connectivity index (χ3v) is 6.56. The van der Waals surface area contributed by atoms with E-state index in [1.807, 2.05) is 0 Å². The molecule has 2 heterocycles. The lowest BCUT2D eigenvalue weighted by Gasteiger charge is -2.34. The van der Waals surface area contributed by atoms with Gasteiger partial charge in [-0.1, -0.05) is 12.1 Å². The Bertz CT molecular complexity index is 1150. The van der Waals surface area contributed by atoms with Gasteiger partial charge in [-0.3, -0.25) is 4.90 Å². The van der Waals surface area contributed by atoms with E-state index in [1.165, 1.54) is 23.7 Å². The lowest BCUT2D eigenvalue weighted by atomic mass is 10.1. The Morgan fingerprint density at radius 3 is 2.47 bits per heavy atom. The Kier molecular flexibility index (Phi) is 8.80. The van der Waals surface area contributed by atoms with Crippen LogP contribution in [0.2, 0.25) is 0 Å². The van der Waals surface area contributed by atoms with Crippen LogP contribution in [0, 0.1) is 5.82 Å². The number of hydrogen-bond donors (Lipinski definition) is 2. The van der Waals surface area contributed by atoms with Gasteiger partial charge < -0.3 is 20.3 Å². The molecule has 36 heavy (non-hydrogen) atoms. The minimum atomic E-state index is -0.384. The first-order chi connectivity index (χ1) is 17.5. The fraction of sp³-hybridized carbons (Fsp3) is 0.360. The van der Waals surface area contributed by atoms with Crippen molar-refractivity contribution >= 4 is 34.4 Å². The topological polar surface area (TPSA) is 99.7 Å². The highest BCUT2D eigenvalue weighted by Gasteiger charge is 2.20. The second-order valence-electron chi connectivity index (χ2n) is 8.30. The van der Waals surface area contributed by atoms with Crippen molar-refractivity contribution in [3.63, 3.8) is 0 Å². The smallest absolute Gasteiger partial charge is 0.338 e. The summed E-state index contributed by atoms with van der Waals surface area (Å²) in [6.07, 6.45) is 0.583. The van der Waals surface area contributed by atoms with Crippen LogP contribution >= 0.6 is 11.5 Å². The maximum absolute atomic E-state index is 13.1. The van der Waals surface area contributed by atoms with Gasteiger partial charge >= 0.3 is 12.0 Å². The molecular formula is C25H29FN6O3S. The molecule has 0 bridgehead atoms. The first kappa shape index (κ1) is 25.5. The lowest BCUT2D eigenvalue weighted by molar-refractivity contribution is 0.0526. The van der Waals surface area contributed by atoms with Gasteiger partial charge in [-0.25, -0.2) is 19.0 Å². The van der Waals surface area contributed by atoms with Crippen molar-refractivity contribution in [3.05, 3.63) is 71.3 Å². The number of urea groups is 1. The number of rotatable bonds is 9. The maximum Gasteiger partial charge on any atom is 0.338 e. The molecule has 1 aromatic heterocycles. The van der Waals surface area contributed by atoms with Crippen molar-refractivity contribution in [2.24, 2.45) is 0 Å².